The second kappa shape index (κ2) is 8.52. The highest BCUT2D eigenvalue weighted by molar-refractivity contribution is 5.94. The van der Waals surface area contributed by atoms with E-state index in [9.17, 15) is 14.7 Å². The smallest absolute Gasteiger partial charge is 0.336 e. The Kier molecular flexibility index (Phi) is 5.89. The zero-order valence-electron chi connectivity index (χ0n) is 14.6. The number of carbonyl (C=O) groups excluding carboxylic acids is 1. The monoisotopic (exact) mass is 353 g/mol. The van der Waals surface area contributed by atoms with Gasteiger partial charge in [0.05, 0.1) is 5.56 Å². The van der Waals surface area contributed by atoms with Gasteiger partial charge in [-0.2, -0.15) is 0 Å². The van der Waals surface area contributed by atoms with Crippen molar-refractivity contribution in [3.05, 3.63) is 65.2 Å². The second-order valence-electron chi connectivity index (χ2n) is 6.58. The summed E-state index contributed by atoms with van der Waals surface area (Å²) >= 11 is 0. The van der Waals surface area contributed by atoms with E-state index in [1.54, 1.807) is 48.5 Å². The fraction of sp³-hybridized carbons (Fsp3) is 0.333. The molecule has 2 N–H and O–H groups in total. The van der Waals surface area contributed by atoms with Crippen molar-refractivity contribution in [2.45, 2.75) is 44.8 Å². The van der Waals surface area contributed by atoms with E-state index in [0.717, 1.165) is 12.8 Å². The molecule has 1 fully saturated rings. The lowest BCUT2D eigenvalue weighted by atomic mass is 9.95. The number of amides is 1. The van der Waals surface area contributed by atoms with Crippen LogP contribution < -0.4 is 10.1 Å². The van der Waals surface area contributed by atoms with Crippen LogP contribution in [0.2, 0.25) is 0 Å². The summed E-state index contributed by atoms with van der Waals surface area (Å²) in [4.78, 5) is 23.5. The van der Waals surface area contributed by atoms with Crippen LogP contribution in [-0.2, 0) is 6.61 Å². The molecular weight excluding hydrogens is 330 g/mol. The Bertz CT molecular complexity index is 764. The summed E-state index contributed by atoms with van der Waals surface area (Å²) in [6, 6.07) is 14.0. The maximum Gasteiger partial charge on any atom is 0.336 e. The predicted octanol–water partition coefficient (Wildman–Crippen LogP) is 4.03. The van der Waals surface area contributed by atoms with Gasteiger partial charge in [0.15, 0.2) is 0 Å². The lowest BCUT2D eigenvalue weighted by Gasteiger charge is -2.22. The van der Waals surface area contributed by atoms with E-state index in [2.05, 4.69) is 5.32 Å². The van der Waals surface area contributed by atoms with Gasteiger partial charge in [-0.3, -0.25) is 4.79 Å². The summed E-state index contributed by atoms with van der Waals surface area (Å²) in [5, 5.41) is 12.3. The minimum absolute atomic E-state index is 0.0559. The second-order valence-corrected chi connectivity index (χ2v) is 6.58. The molecule has 0 bridgehead atoms. The molecule has 2 aromatic rings. The lowest BCUT2D eigenvalue weighted by Crippen LogP contribution is -2.36. The van der Waals surface area contributed by atoms with Gasteiger partial charge in [0, 0.05) is 17.2 Å². The first-order chi connectivity index (χ1) is 12.6. The van der Waals surface area contributed by atoms with Crippen molar-refractivity contribution >= 4 is 11.9 Å². The van der Waals surface area contributed by atoms with E-state index in [4.69, 9.17) is 4.74 Å². The number of aromatic carboxylic acids is 1. The number of hydrogen-bond acceptors (Lipinski definition) is 3. The van der Waals surface area contributed by atoms with Crippen LogP contribution in [0.5, 0.6) is 5.75 Å². The summed E-state index contributed by atoms with van der Waals surface area (Å²) in [5.74, 6) is -0.432. The molecule has 1 aliphatic carbocycles. The molecule has 26 heavy (non-hydrogen) atoms. The number of benzene rings is 2. The molecule has 5 nitrogen and oxygen atoms in total. The molecular formula is C21H23NO4. The Balaban J connectivity index is 1.57. The number of carboxylic acids is 1. The quantitative estimate of drug-likeness (QED) is 0.822. The van der Waals surface area contributed by atoms with Crippen LogP contribution in [0.1, 0.15) is 58.4 Å². The van der Waals surface area contributed by atoms with Crippen molar-refractivity contribution in [1.82, 2.24) is 5.32 Å². The maximum atomic E-state index is 12.3. The van der Waals surface area contributed by atoms with E-state index < -0.39 is 5.97 Å². The average Bonchev–Trinajstić information content (AvgIpc) is 2.67. The van der Waals surface area contributed by atoms with Crippen LogP contribution in [0.15, 0.2) is 48.5 Å². The van der Waals surface area contributed by atoms with Gasteiger partial charge in [-0.25, -0.2) is 4.79 Å². The molecule has 0 heterocycles. The molecule has 1 saturated carbocycles. The van der Waals surface area contributed by atoms with Gasteiger partial charge >= 0.3 is 5.97 Å². The highest BCUT2D eigenvalue weighted by Crippen LogP contribution is 2.19. The van der Waals surface area contributed by atoms with Gasteiger partial charge in [-0.1, -0.05) is 37.5 Å². The normalized spacial score (nSPS) is 14.6. The van der Waals surface area contributed by atoms with Crippen molar-refractivity contribution in [2.24, 2.45) is 0 Å². The third-order valence-corrected chi connectivity index (χ3v) is 4.70. The van der Waals surface area contributed by atoms with Crippen molar-refractivity contribution in [3.8, 4) is 5.75 Å². The highest BCUT2D eigenvalue weighted by Gasteiger charge is 2.16. The zero-order valence-corrected chi connectivity index (χ0v) is 14.6. The molecule has 5 heteroatoms. The first kappa shape index (κ1) is 18.0. The fourth-order valence-corrected chi connectivity index (χ4v) is 3.23. The lowest BCUT2D eigenvalue weighted by molar-refractivity contribution is 0.0693. The number of carboxylic acid groups (broad SMARTS) is 1. The van der Waals surface area contributed by atoms with Crippen LogP contribution in [0.4, 0.5) is 0 Å². The van der Waals surface area contributed by atoms with Gasteiger partial charge in [-0.15, -0.1) is 0 Å². The van der Waals surface area contributed by atoms with E-state index in [1.807, 2.05) is 0 Å². The van der Waals surface area contributed by atoms with Crippen LogP contribution in [0.3, 0.4) is 0 Å². The summed E-state index contributed by atoms with van der Waals surface area (Å²) in [5.41, 5.74) is 1.45. The third-order valence-electron chi connectivity index (χ3n) is 4.70. The molecule has 0 aliphatic heterocycles. The Morgan fingerprint density at radius 2 is 1.69 bits per heavy atom. The molecule has 2 aromatic carbocycles. The zero-order chi connectivity index (χ0) is 18.4. The third kappa shape index (κ3) is 4.63. The van der Waals surface area contributed by atoms with E-state index in [0.29, 0.717) is 16.9 Å². The van der Waals surface area contributed by atoms with Gasteiger partial charge in [0.25, 0.3) is 5.91 Å². The molecule has 0 unspecified atom stereocenters. The fourth-order valence-electron chi connectivity index (χ4n) is 3.23. The molecule has 0 saturated heterocycles. The molecule has 0 aromatic heterocycles. The average molecular weight is 353 g/mol. The summed E-state index contributed by atoms with van der Waals surface area (Å²) in [6.45, 7) is 0.163. The van der Waals surface area contributed by atoms with Gasteiger partial charge in [-0.05, 0) is 43.2 Å². The van der Waals surface area contributed by atoms with Gasteiger partial charge < -0.3 is 15.2 Å². The molecule has 0 spiro atoms. The van der Waals surface area contributed by atoms with Crippen LogP contribution in [0, 0.1) is 0 Å². The minimum Gasteiger partial charge on any atom is -0.489 e. The summed E-state index contributed by atoms with van der Waals surface area (Å²) < 4.78 is 5.67. The van der Waals surface area contributed by atoms with E-state index >= 15 is 0 Å². The number of nitrogens with one attached hydrogen (secondary N) is 1. The Labute approximate surface area is 153 Å². The topological polar surface area (TPSA) is 75.6 Å². The number of hydrogen-bond donors (Lipinski definition) is 2. The van der Waals surface area contributed by atoms with Gasteiger partial charge in [0.1, 0.15) is 12.4 Å². The highest BCUT2D eigenvalue weighted by atomic mass is 16.5. The predicted molar refractivity (Wildman–Crippen MR) is 98.5 cm³/mol. The Morgan fingerprint density at radius 3 is 2.38 bits per heavy atom. The first-order valence-electron chi connectivity index (χ1n) is 8.98. The standard InChI is InChI=1S/C21H23NO4/c23-20(22-17-7-2-1-3-8-17)15-10-12-18(13-11-15)26-14-16-6-4-5-9-19(16)21(24)25/h4-6,9-13,17H,1-3,7-8,14H2,(H,22,23)(H,24,25). The molecule has 3 rings (SSSR count). The molecule has 0 radical (unpaired) electrons. The van der Waals surface area contributed by atoms with Crippen LogP contribution in [0.25, 0.3) is 0 Å². The Morgan fingerprint density at radius 1 is 1.00 bits per heavy atom. The number of carbonyl (C=O) groups is 2. The SMILES string of the molecule is O=C(NC1CCCCC1)c1ccc(OCc2ccccc2C(=O)O)cc1. The largest absolute Gasteiger partial charge is 0.489 e. The van der Waals surface area contributed by atoms with Crippen molar-refractivity contribution in [2.75, 3.05) is 0 Å². The number of ether oxygens (including phenoxy) is 1. The first-order valence-corrected chi connectivity index (χ1v) is 8.98. The van der Waals surface area contributed by atoms with Crippen molar-refractivity contribution in [1.29, 1.82) is 0 Å². The van der Waals surface area contributed by atoms with Crippen molar-refractivity contribution in [3.63, 3.8) is 0 Å². The summed E-state index contributed by atoms with van der Waals surface area (Å²) in [7, 11) is 0. The molecule has 1 amide bonds. The van der Waals surface area contributed by atoms with Gasteiger partial charge in [0.2, 0.25) is 0 Å². The van der Waals surface area contributed by atoms with Crippen LogP contribution >= 0.6 is 0 Å². The molecule has 1 aliphatic rings. The van der Waals surface area contributed by atoms with Crippen LogP contribution in [-0.4, -0.2) is 23.0 Å². The van der Waals surface area contributed by atoms with Crippen molar-refractivity contribution < 1.29 is 19.4 Å². The Hall–Kier alpha value is -2.82. The summed E-state index contributed by atoms with van der Waals surface area (Å²) in [6.07, 6.45) is 5.71. The number of rotatable bonds is 6. The maximum absolute atomic E-state index is 12.3. The molecule has 136 valence electrons. The van der Waals surface area contributed by atoms with E-state index in [1.165, 1.54) is 19.3 Å². The molecule has 0 atom stereocenters. The van der Waals surface area contributed by atoms with E-state index in [-0.39, 0.29) is 24.1 Å². The minimum atomic E-state index is -0.973.